The Kier molecular flexibility index (Phi) is 6.56. The summed E-state index contributed by atoms with van der Waals surface area (Å²) in [7, 11) is 1.46. The van der Waals surface area contributed by atoms with Crippen molar-refractivity contribution in [1.29, 1.82) is 0 Å². The summed E-state index contributed by atoms with van der Waals surface area (Å²) in [5, 5.41) is 16.4. The third kappa shape index (κ3) is 4.96. The Labute approximate surface area is 185 Å². The lowest BCUT2D eigenvalue weighted by atomic mass is 9.92. The highest BCUT2D eigenvalue weighted by atomic mass is 19.4. The van der Waals surface area contributed by atoms with Gasteiger partial charge < -0.3 is 15.4 Å². The molecule has 3 aromatic rings. The average molecular weight is 468 g/mol. The normalized spacial score (nSPS) is 19.0. The minimum Gasteiger partial charge on any atom is -0.496 e. The van der Waals surface area contributed by atoms with Gasteiger partial charge in [-0.05, 0) is 65.7 Å². The quantitative estimate of drug-likeness (QED) is 0.539. The van der Waals surface area contributed by atoms with Gasteiger partial charge >= 0.3 is 6.18 Å². The lowest BCUT2D eigenvalue weighted by Gasteiger charge is -2.34. The fraction of sp³-hybridized carbons (Fsp3) is 0.381. The predicted octanol–water partition coefficient (Wildman–Crippen LogP) is 3.55. The van der Waals surface area contributed by atoms with Crippen molar-refractivity contribution >= 4 is 0 Å². The van der Waals surface area contributed by atoms with E-state index in [1.807, 2.05) is 0 Å². The molecular formula is C21H21F5N6O. The van der Waals surface area contributed by atoms with E-state index in [1.54, 1.807) is 6.07 Å². The maximum absolute atomic E-state index is 13.8. The topological polar surface area (TPSA) is 76.9 Å². The molecule has 176 valence electrons. The third-order valence-electron chi connectivity index (χ3n) is 5.55. The molecule has 4 rings (SSSR count). The number of methoxy groups -OCH3 is 1. The van der Waals surface area contributed by atoms with Crippen molar-refractivity contribution in [2.45, 2.75) is 37.6 Å². The second kappa shape index (κ2) is 9.40. The Bertz CT molecular complexity index is 1120. The molecule has 7 nitrogen and oxygen atoms in total. The number of aromatic nitrogens is 4. The van der Waals surface area contributed by atoms with E-state index < -0.39 is 23.6 Å². The van der Waals surface area contributed by atoms with Crippen LogP contribution in [0, 0.1) is 11.6 Å². The van der Waals surface area contributed by atoms with E-state index in [0.717, 1.165) is 25.5 Å². The van der Waals surface area contributed by atoms with Crippen molar-refractivity contribution in [1.82, 2.24) is 30.8 Å². The molecular weight excluding hydrogens is 447 g/mol. The number of hydrogen-bond acceptors (Lipinski definition) is 6. The van der Waals surface area contributed by atoms with E-state index in [9.17, 15) is 22.0 Å². The van der Waals surface area contributed by atoms with E-state index in [2.05, 4.69) is 26.2 Å². The fourth-order valence-corrected chi connectivity index (χ4v) is 3.98. The number of rotatable bonds is 6. The van der Waals surface area contributed by atoms with Crippen LogP contribution in [-0.4, -0.2) is 39.9 Å². The van der Waals surface area contributed by atoms with Crippen LogP contribution in [0.5, 0.6) is 5.75 Å². The van der Waals surface area contributed by atoms with Gasteiger partial charge in [0.05, 0.1) is 12.8 Å². The molecule has 2 N–H and O–H groups in total. The van der Waals surface area contributed by atoms with Crippen LogP contribution in [0.3, 0.4) is 0 Å². The Hall–Kier alpha value is -3.12. The number of halogens is 5. The number of benzene rings is 2. The van der Waals surface area contributed by atoms with Gasteiger partial charge in [0.15, 0.2) is 11.6 Å². The molecule has 1 saturated heterocycles. The van der Waals surface area contributed by atoms with Crippen molar-refractivity contribution < 1.29 is 26.7 Å². The van der Waals surface area contributed by atoms with E-state index in [1.165, 1.54) is 31.4 Å². The Balaban J connectivity index is 1.57. The number of nitrogens with one attached hydrogen (secondary N) is 2. The van der Waals surface area contributed by atoms with Gasteiger partial charge in [0, 0.05) is 24.2 Å². The average Bonchev–Trinajstić information content (AvgIpc) is 3.30. The molecule has 0 amide bonds. The van der Waals surface area contributed by atoms with Gasteiger partial charge in [-0.2, -0.15) is 17.9 Å². The zero-order chi connectivity index (χ0) is 23.6. The predicted molar refractivity (Wildman–Crippen MR) is 108 cm³/mol. The highest BCUT2D eigenvalue weighted by Gasteiger charge is 2.38. The summed E-state index contributed by atoms with van der Waals surface area (Å²) in [4.78, 5) is 0. The number of alkyl halides is 3. The molecule has 1 aromatic heterocycles. The molecule has 0 bridgehead atoms. The molecule has 0 spiro atoms. The van der Waals surface area contributed by atoms with Crippen LogP contribution in [0.4, 0.5) is 22.0 Å². The van der Waals surface area contributed by atoms with Crippen LogP contribution < -0.4 is 15.4 Å². The van der Waals surface area contributed by atoms with E-state index >= 15 is 0 Å². The first kappa shape index (κ1) is 23.1. The minimum atomic E-state index is -4.72. The number of nitrogens with zero attached hydrogens (tertiary/aromatic N) is 4. The smallest absolute Gasteiger partial charge is 0.453 e. The van der Waals surface area contributed by atoms with E-state index in [-0.39, 0.29) is 24.3 Å². The van der Waals surface area contributed by atoms with Crippen molar-refractivity contribution in [3.8, 4) is 11.4 Å². The Morgan fingerprint density at radius 3 is 2.70 bits per heavy atom. The van der Waals surface area contributed by atoms with Crippen molar-refractivity contribution in [2.75, 3.05) is 13.7 Å². The molecule has 1 aliphatic heterocycles. The first-order valence-corrected chi connectivity index (χ1v) is 10.2. The van der Waals surface area contributed by atoms with Crippen LogP contribution in [0.1, 0.15) is 35.8 Å². The summed E-state index contributed by atoms with van der Waals surface area (Å²) in [6.45, 7) is 0.979. The summed E-state index contributed by atoms with van der Waals surface area (Å²) >= 11 is 0. The molecule has 0 radical (unpaired) electrons. The summed E-state index contributed by atoms with van der Waals surface area (Å²) in [5.74, 6) is -2.60. The zero-order valence-corrected chi connectivity index (χ0v) is 17.5. The third-order valence-corrected chi connectivity index (χ3v) is 5.55. The molecule has 12 heteroatoms. The first-order chi connectivity index (χ1) is 15.8. The van der Waals surface area contributed by atoms with Crippen LogP contribution in [0.25, 0.3) is 5.69 Å². The maximum Gasteiger partial charge on any atom is 0.453 e. The fourth-order valence-electron chi connectivity index (χ4n) is 3.98. The molecule has 2 atom stereocenters. The maximum atomic E-state index is 13.8. The lowest BCUT2D eigenvalue weighted by molar-refractivity contribution is -0.146. The summed E-state index contributed by atoms with van der Waals surface area (Å²) in [6, 6.07) is 7.89. The molecule has 33 heavy (non-hydrogen) atoms. The summed E-state index contributed by atoms with van der Waals surface area (Å²) < 4.78 is 72.7. The SMILES string of the molecule is COc1ccc(-n2nnnc2C(F)(F)F)cc1CN[C@@H]1CCCN[C@@H]1c1ccc(F)c(F)c1. The second-order valence-electron chi connectivity index (χ2n) is 7.64. The second-order valence-corrected chi connectivity index (χ2v) is 7.64. The minimum absolute atomic E-state index is 0.129. The molecule has 0 saturated carbocycles. The summed E-state index contributed by atoms with van der Waals surface area (Å²) in [6.07, 6.45) is -3.08. The number of tetrazole rings is 1. The van der Waals surface area contributed by atoms with Gasteiger partial charge in [-0.3, -0.25) is 0 Å². The molecule has 1 fully saturated rings. The number of piperidine rings is 1. The molecule has 0 aliphatic carbocycles. The van der Waals surface area contributed by atoms with Crippen LogP contribution in [-0.2, 0) is 12.7 Å². The first-order valence-electron chi connectivity index (χ1n) is 10.2. The summed E-state index contributed by atoms with van der Waals surface area (Å²) in [5.41, 5.74) is 1.33. The number of ether oxygens (including phenoxy) is 1. The van der Waals surface area contributed by atoms with Crippen LogP contribution in [0.15, 0.2) is 36.4 Å². The Morgan fingerprint density at radius 1 is 1.15 bits per heavy atom. The van der Waals surface area contributed by atoms with Crippen LogP contribution in [0.2, 0.25) is 0 Å². The van der Waals surface area contributed by atoms with Gasteiger partial charge in [0.1, 0.15) is 5.75 Å². The van der Waals surface area contributed by atoms with Gasteiger partial charge in [0.25, 0.3) is 5.82 Å². The van der Waals surface area contributed by atoms with Crippen molar-refractivity contribution in [3.63, 3.8) is 0 Å². The van der Waals surface area contributed by atoms with Gasteiger partial charge in [0.2, 0.25) is 0 Å². The number of hydrogen-bond donors (Lipinski definition) is 2. The Morgan fingerprint density at radius 2 is 1.97 bits per heavy atom. The van der Waals surface area contributed by atoms with Gasteiger partial charge in [-0.25, -0.2) is 8.78 Å². The van der Waals surface area contributed by atoms with E-state index in [0.29, 0.717) is 21.6 Å². The van der Waals surface area contributed by atoms with E-state index in [4.69, 9.17) is 4.74 Å². The molecule has 1 aliphatic rings. The van der Waals surface area contributed by atoms with Crippen molar-refractivity contribution in [3.05, 3.63) is 65.0 Å². The van der Waals surface area contributed by atoms with Gasteiger partial charge in [-0.1, -0.05) is 6.07 Å². The lowest BCUT2D eigenvalue weighted by Crippen LogP contribution is -2.45. The largest absolute Gasteiger partial charge is 0.496 e. The van der Waals surface area contributed by atoms with Crippen LogP contribution >= 0.6 is 0 Å². The van der Waals surface area contributed by atoms with Gasteiger partial charge in [-0.15, -0.1) is 5.10 Å². The monoisotopic (exact) mass is 468 g/mol. The molecule has 2 heterocycles. The highest BCUT2D eigenvalue weighted by molar-refractivity contribution is 5.44. The molecule has 0 unspecified atom stereocenters. The standard InChI is InChI=1S/C21H21F5N6O/c1-33-18-7-5-14(32-20(21(24,25)26)29-30-31-32)9-13(18)11-28-17-3-2-8-27-19(17)12-4-6-15(22)16(23)10-12/h4-7,9-10,17,19,27-28H,2-3,8,11H2,1H3/t17-,19-/m1/s1. The zero-order valence-electron chi connectivity index (χ0n) is 17.5. The van der Waals surface area contributed by atoms with Crippen molar-refractivity contribution in [2.24, 2.45) is 0 Å². The molecule has 2 aromatic carbocycles. The highest BCUT2D eigenvalue weighted by Crippen LogP contribution is 2.30.